The van der Waals surface area contributed by atoms with E-state index in [1.54, 1.807) is 24.1 Å². The number of benzene rings is 1. The minimum atomic E-state index is -0.516. The van der Waals surface area contributed by atoms with E-state index in [0.29, 0.717) is 25.4 Å². The fraction of sp³-hybridized carbons (Fsp3) is 0.400. The van der Waals surface area contributed by atoms with Gasteiger partial charge >= 0.3 is 0 Å². The summed E-state index contributed by atoms with van der Waals surface area (Å²) in [6.07, 6.45) is 2.03. The highest BCUT2D eigenvalue weighted by molar-refractivity contribution is 5.96. The first-order valence-electron chi connectivity index (χ1n) is 9.22. The van der Waals surface area contributed by atoms with E-state index in [9.17, 15) is 9.59 Å². The number of carbonyl (C=O) groups excluding carboxylic acids is 2. The number of nitrogens with zero attached hydrogens (tertiary/aromatic N) is 1. The fourth-order valence-electron chi connectivity index (χ4n) is 3.23. The molecule has 1 aliphatic carbocycles. The second-order valence-corrected chi connectivity index (χ2v) is 6.90. The van der Waals surface area contributed by atoms with Gasteiger partial charge in [-0.1, -0.05) is 12.1 Å². The van der Waals surface area contributed by atoms with Crippen molar-refractivity contribution < 1.29 is 18.7 Å². The second kappa shape index (κ2) is 7.44. The summed E-state index contributed by atoms with van der Waals surface area (Å²) in [5, 5.41) is 6.18. The van der Waals surface area contributed by atoms with Crippen LogP contribution in [0.3, 0.4) is 0 Å². The van der Waals surface area contributed by atoms with Gasteiger partial charge in [0.1, 0.15) is 17.6 Å². The van der Waals surface area contributed by atoms with Crippen LogP contribution in [-0.4, -0.2) is 55.5 Å². The van der Waals surface area contributed by atoms with E-state index in [-0.39, 0.29) is 23.6 Å². The van der Waals surface area contributed by atoms with Gasteiger partial charge in [-0.2, -0.15) is 0 Å². The van der Waals surface area contributed by atoms with Crippen LogP contribution in [-0.2, 0) is 4.79 Å². The Balaban J connectivity index is 1.52. The molecular weight excluding hydrogens is 346 g/mol. The number of hydrogen-bond donors (Lipinski definition) is 2. The van der Waals surface area contributed by atoms with E-state index in [2.05, 4.69) is 10.6 Å². The van der Waals surface area contributed by atoms with Gasteiger partial charge in [0.15, 0.2) is 5.76 Å². The van der Waals surface area contributed by atoms with Crippen molar-refractivity contribution in [3.05, 3.63) is 42.2 Å². The van der Waals surface area contributed by atoms with Crippen LogP contribution in [0.5, 0.6) is 5.75 Å². The summed E-state index contributed by atoms with van der Waals surface area (Å²) < 4.78 is 11.0. The number of piperazine rings is 1. The second-order valence-electron chi connectivity index (χ2n) is 6.90. The lowest BCUT2D eigenvalue weighted by Crippen LogP contribution is -2.59. The first-order valence-corrected chi connectivity index (χ1v) is 9.22. The van der Waals surface area contributed by atoms with Gasteiger partial charge < -0.3 is 24.7 Å². The van der Waals surface area contributed by atoms with Crippen molar-refractivity contribution in [1.82, 2.24) is 15.5 Å². The molecular formula is C20H23N3O4. The topological polar surface area (TPSA) is 83.8 Å². The van der Waals surface area contributed by atoms with E-state index in [1.807, 2.05) is 24.3 Å². The molecule has 7 heteroatoms. The largest absolute Gasteiger partial charge is 0.497 e. The molecule has 2 fully saturated rings. The molecule has 1 saturated carbocycles. The molecule has 1 atom stereocenters. The highest BCUT2D eigenvalue weighted by Crippen LogP contribution is 2.27. The highest BCUT2D eigenvalue weighted by Gasteiger charge is 2.36. The zero-order chi connectivity index (χ0) is 18.8. The van der Waals surface area contributed by atoms with E-state index in [4.69, 9.17) is 9.15 Å². The molecule has 2 amide bonds. The van der Waals surface area contributed by atoms with Gasteiger partial charge in [-0.25, -0.2) is 0 Å². The van der Waals surface area contributed by atoms with Gasteiger partial charge in [0, 0.05) is 31.2 Å². The Morgan fingerprint density at radius 2 is 2.11 bits per heavy atom. The van der Waals surface area contributed by atoms with E-state index < -0.39 is 6.04 Å². The Kier molecular flexibility index (Phi) is 4.85. The van der Waals surface area contributed by atoms with Gasteiger partial charge in [0.05, 0.1) is 7.11 Å². The number of carbonyl (C=O) groups is 2. The van der Waals surface area contributed by atoms with Gasteiger partial charge in [0.25, 0.3) is 5.91 Å². The number of nitrogens with one attached hydrogen (secondary N) is 2. The quantitative estimate of drug-likeness (QED) is 0.837. The van der Waals surface area contributed by atoms with Crippen molar-refractivity contribution in [2.75, 3.05) is 26.7 Å². The van der Waals surface area contributed by atoms with E-state index in [0.717, 1.165) is 24.2 Å². The van der Waals surface area contributed by atoms with Gasteiger partial charge in [-0.3, -0.25) is 9.59 Å². The molecule has 1 aliphatic heterocycles. The third-order valence-electron chi connectivity index (χ3n) is 4.90. The summed E-state index contributed by atoms with van der Waals surface area (Å²) >= 11 is 0. The maximum atomic E-state index is 13.0. The van der Waals surface area contributed by atoms with E-state index in [1.165, 1.54) is 0 Å². The molecule has 7 nitrogen and oxygen atoms in total. The molecule has 1 aromatic carbocycles. The molecule has 0 unspecified atom stereocenters. The summed E-state index contributed by atoms with van der Waals surface area (Å²) in [7, 11) is 1.60. The zero-order valence-corrected chi connectivity index (χ0v) is 15.2. The minimum absolute atomic E-state index is 0.0994. The third kappa shape index (κ3) is 3.83. The summed E-state index contributed by atoms with van der Waals surface area (Å²) in [6.45, 7) is 1.58. The summed E-state index contributed by atoms with van der Waals surface area (Å²) in [5.74, 6) is 1.18. The summed E-state index contributed by atoms with van der Waals surface area (Å²) in [4.78, 5) is 27.1. The molecule has 0 spiro atoms. The normalized spacial score (nSPS) is 19.6. The number of ether oxygens (including phenoxy) is 1. The predicted octanol–water partition coefficient (Wildman–Crippen LogP) is 1.65. The Morgan fingerprint density at radius 3 is 2.89 bits per heavy atom. The van der Waals surface area contributed by atoms with Gasteiger partial charge in [0.2, 0.25) is 5.91 Å². The van der Waals surface area contributed by atoms with Gasteiger partial charge in [-0.05, 0) is 37.1 Å². The maximum Gasteiger partial charge on any atom is 0.290 e. The number of rotatable bonds is 5. The minimum Gasteiger partial charge on any atom is -0.497 e. The molecule has 0 radical (unpaired) electrons. The van der Waals surface area contributed by atoms with Crippen LogP contribution in [0.25, 0.3) is 11.3 Å². The molecule has 4 rings (SSSR count). The highest BCUT2D eigenvalue weighted by atomic mass is 16.5. The van der Waals surface area contributed by atoms with Crippen LogP contribution in [0.4, 0.5) is 0 Å². The molecule has 27 heavy (non-hydrogen) atoms. The van der Waals surface area contributed by atoms with Crippen LogP contribution < -0.4 is 15.4 Å². The maximum absolute atomic E-state index is 13.0. The molecule has 1 saturated heterocycles. The van der Waals surface area contributed by atoms with Gasteiger partial charge in [-0.15, -0.1) is 0 Å². The predicted molar refractivity (Wildman–Crippen MR) is 99.6 cm³/mol. The smallest absolute Gasteiger partial charge is 0.290 e. The SMILES string of the molecule is COc1cccc(-c2ccc(C(=O)N3CCNC[C@H]3C(=O)NC3CC3)o2)c1. The third-order valence-corrected chi connectivity index (χ3v) is 4.90. The van der Waals surface area contributed by atoms with Crippen LogP contribution in [0.2, 0.25) is 0 Å². The first-order chi connectivity index (χ1) is 13.2. The lowest BCUT2D eigenvalue weighted by atomic mass is 10.1. The standard InChI is InChI=1S/C20H23N3O4/c1-26-15-4-2-3-13(11-15)17-7-8-18(27-17)20(25)23-10-9-21-12-16(23)19(24)22-14-5-6-14/h2-4,7-8,11,14,16,21H,5-6,9-10,12H2,1H3,(H,22,24)/t16-/m0/s1. The Morgan fingerprint density at radius 1 is 1.26 bits per heavy atom. The molecule has 2 aromatic rings. The van der Waals surface area contributed by atoms with Crippen molar-refractivity contribution in [2.24, 2.45) is 0 Å². The number of methoxy groups -OCH3 is 1. The molecule has 2 N–H and O–H groups in total. The Hall–Kier alpha value is -2.80. The lowest BCUT2D eigenvalue weighted by Gasteiger charge is -2.34. The fourth-order valence-corrected chi connectivity index (χ4v) is 3.23. The van der Waals surface area contributed by atoms with Crippen molar-refractivity contribution in [1.29, 1.82) is 0 Å². The molecule has 0 bridgehead atoms. The summed E-state index contributed by atoms with van der Waals surface area (Å²) in [5.41, 5.74) is 0.830. The number of hydrogen-bond acceptors (Lipinski definition) is 5. The average molecular weight is 369 g/mol. The van der Waals surface area contributed by atoms with Crippen molar-refractivity contribution in [3.63, 3.8) is 0 Å². The molecule has 2 aliphatic rings. The van der Waals surface area contributed by atoms with Crippen molar-refractivity contribution in [2.45, 2.75) is 24.9 Å². The lowest BCUT2D eigenvalue weighted by molar-refractivity contribution is -0.126. The van der Waals surface area contributed by atoms with Crippen LogP contribution in [0.15, 0.2) is 40.8 Å². The number of amides is 2. The van der Waals surface area contributed by atoms with Crippen LogP contribution in [0.1, 0.15) is 23.4 Å². The van der Waals surface area contributed by atoms with Crippen molar-refractivity contribution >= 4 is 11.8 Å². The van der Waals surface area contributed by atoms with E-state index >= 15 is 0 Å². The van der Waals surface area contributed by atoms with Crippen LogP contribution in [0, 0.1) is 0 Å². The monoisotopic (exact) mass is 369 g/mol. The molecule has 142 valence electrons. The molecule has 1 aromatic heterocycles. The summed E-state index contributed by atoms with van der Waals surface area (Å²) in [6, 6.07) is 10.6. The van der Waals surface area contributed by atoms with Crippen LogP contribution >= 0.6 is 0 Å². The Labute approximate surface area is 157 Å². The Bertz CT molecular complexity index is 843. The average Bonchev–Trinajstić information content (AvgIpc) is 3.39. The first kappa shape index (κ1) is 17.6. The van der Waals surface area contributed by atoms with Crippen molar-refractivity contribution in [3.8, 4) is 17.1 Å². The molecule has 2 heterocycles. The zero-order valence-electron chi connectivity index (χ0n) is 15.2. The number of furan rings is 1.